The Morgan fingerprint density at radius 1 is 0.943 bits per heavy atom. The van der Waals surface area contributed by atoms with Gasteiger partial charge in [-0.1, -0.05) is 48.5 Å². The maximum Gasteiger partial charge on any atom is 0.339 e. The summed E-state index contributed by atoms with van der Waals surface area (Å²) in [4.78, 5) is 20.5. The molecule has 4 rings (SSSR count). The van der Waals surface area contributed by atoms with E-state index >= 15 is 0 Å². The molecule has 0 radical (unpaired) electrons. The molecule has 3 aromatic carbocycles. The summed E-state index contributed by atoms with van der Waals surface area (Å²) in [7, 11) is -3.94. The molecule has 10 heteroatoms. The summed E-state index contributed by atoms with van der Waals surface area (Å²) in [6.07, 6.45) is 1.35. The first-order chi connectivity index (χ1) is 16.8. The van der Waals surface area contributed by atoms with Gasteiger partial charge in [0.2, 0.25) is 5.95 Å². The number of amides is 1. The number of carbonyl (C=O) groups excluding carboxylic acids is 1. The van der Waals surface area contributed by atoms with Gasteiger partial charge >= 0.3 is 10.1 Å². The van der Waals surface area contributed by atoms with Gasteiger partial charge in [-0.2, -0.15) is 13.4 Å². The smallest absolute Gasteiger partial charge is 0.339 e. The van der Waals surface area contributed by atoms with Gasteiger partial charge in [0.1, 0.15) is 16.5 Å². The Hall–Kier alpha value is -4.44. The average molecular weight is 490 g/mol. The number of benzene rings is 3. The number of primary amides is 1. The molecule has 35 heavy (non-hydrogen) atoms. The van der Waals surface area contributed by atoms with Crippen molar-refractivity contribution in [2.75, 3.05) is 10.6 Å². The highest BCUT2D eigenvalue weighted by molar-refractivity contribution is 7.87. The first-order valence-electron chi connectivity index (χ1n) is 10.7. The number of hydrogen-bond acceptors (Lipinski definition) is 8. The van der Waals surface area contributed by atoms with Crippen molar-refractivity contribution in [3.05, 3.63) is 102 Å². The number of hydrogen-bond donors (Lipinski definition) is 3. The largest absolute Gasteiger partial charge is 0.379 e. The molecule has 9 nitrogen and oxygen atoms in total. The molecule has 0 bridgehead atoms. The van der Waals surface area contributed by atoms with Crippen LogP contribution in [0.1, 0.15) is 28.9 Å². The Morgan fingerprint density at radius 3 is 2.20 bits per heavy atom. The molecular formula is C25H23N5O4S. The van der Waals surface area contributed by atoms with E-state index in [-0.39, 0.29) is 28.2 Å². The minimum Gasteiger partial charge on any atom is -0.379 e. The summed E-state index contributed by atoms with van der Waals surface area (Å²) in [5.74, 6) is 0.0208. The molecule has 0 saturated carbocycles. The standard InChI is InChI=1S/C25H23N5O4S/c1-17(18-8-4-2-5-9-18)28-24-22(23(26)31)16-27-25(30-24)29-19-12-14-20(15-13-19)34-35(32,33)21-10-6-3-7-11-21/h2-17H,1H3,(H2,26,31)(H2,27,28,29,30)/t17-/m1/s1. The lowest BCUT2D eigenvalue weighted by molar-refractivity contribution is 0.100. The highest BCUT2D eigenvalue weighted by atomic mass is 32.2. The number of nitrogens with one attached hydrogen (secondary N) is 2. The normalized spacial score (nSPS) is 11.9. The van der Waals surface area contributed by atoms with Crippen LogP contribution in [0.25, 0.3) is 0 Å². The molecule has 1 heterocycles. The fraction of sp³-hybridized carbons (Fsp3) is 0.0800. The highest BCUT2D eigenvalue weighted by Crippen LogP contribution is 2.25. The second kappa shape index (κ2) is 10.2. The molecule has 0 saturated heterocycles. The van der Waals surface area contributed by atoms with Crippen LogP contribution in [-0.2, 0) is 10.1 Å². The maximum atomic E-state index is 12.4. The van der Waals surface area contributed by atoms with Gasteiger partial charge in [-0.05, 0) is 48.9 Å². The minimum absolute atomic E-state index is 0.0647. The first-order valence-corrected chi connectivity index (χ1v) is 12.1. The summed E-state index contributed by atoms with van der Waals surface area (Å²) in [5.41, 5.74) is 7.26. The zero-order valence-electron chi connectivity index (χ0n) is 18.8. The molecule has 4 aromatic rings. The number of rotatable bonds is 9. The molecule has 4 N–H and O–H groups in total. The van der Waals surface area contributed by atoms with Crippen LogP contribution in [-0.4, -0.2) is 24.3 Å². The van der Waals surface area contributed by atoms with Gasteiger partial charge in [-0.3, -0.25) is 4.79 Å². The zero-order chi connectivity index (χ0) is 24.8. The number of aromatic nitrogens is 2. The van der Waals surface area contributed by atoms with Gasteiger partial charge in [-0.15, -0.1) is 0 Å². The van der Waals surface area contributed by atoms with Crippen LogP contribution in [0, 0.1) is 0 Å². The molecule has 0 unspecified atom stereocenters. The molecule has 178 valence electrons. The second-order valence-electron chi connectivity index (χ2n) is 7.60. The summed E-state index contributed by atoms with van der Waals surface area (Å²) in [5, 5.41) is 6.23. The Bertz CT molecular complexity index is 1410. The quantitative estimate of drug-likeness (QED) is 0.297. The highest BCUT2D eigenvalue weighted by Gasteiger charge is 2.17. The fourth-order valence-electron chi connectivity index (χ4n) is 3.25. The number of anilines is 3. The van der Waals surface area contributed by atoms with Crippen LogP contribution in [0.5, 0.6) is 5.75 Å². The van der Waals surface area contributed by atoms with E-state index < -0.39 is 16.0 Å². The summed E-state index contributed by atoms with van der Waals surface area (Å²) < 4.78 is 30.0. The van der Waals surface area contributed by atoms with Crippen LogP contribution in [0.2, 0.25) is 0 Å². The second-order valence-corrected chi connectivity index (χ2v) is 9.14. The molecule has 0 aliphatic carbocycles. The van der Waals surface area contributed by atoms with Crippen molar-refractivity contribution in [3.8, 4) is 5.75 Å². The first kappa shape index (κ1) is 23.7. The van der Waals surface area contributed by atoms with Crippen molar-refractivity contribution in [1.82, 2.24) is 9.97 Å². The maximum absolute atomic E-state index is 12.4. The summed E-state index contributed by atoms with van der Waals surface area (Å²) in [6.45, 7) is 1.94. The molecule has 1 aromatic heterocycles. The van der Waals surface area contributed by atoms with Gasteiger partial charge in [0.05, 0.1) is 5.56 Å². The van der Waals surface area contributed by atoms with E-state index in [0.29, 0.717) is 11.5 Å². The van der Waals surface area contributed by atoms with Gasteiger partial charge < -0.3 is 20.6 Å². The summed E-state index contributed by atoms with van der Waals surface area (Å²) in [6, 6.07) is 23.7. The van der Waals surface area contributed by atoms with E-state index in [1.54, 1.807) is 30.3 Å². The SMILES string of the molecule is C[C@@H](Nc1nc(Nc2ccc(OS(=O)(=O)c3ccccc3)cc2)ncc1C(N)=O)c1ccccc1. The average Bonchev–Trinajstić information content (AvgIpc) is 2.86. The van der Waals surface area contributed by atoms with Gasteiger partial charge in [0.15, 0.2) is 0 Å². The van der Waals surface area contributed by atoms with Crippen molar-refractivity contribution in [2.45, 2.75) is 17.9 Å². The van der Waals surface area contributed by atoms with E-state index in [1.807, 2.05) is 37.3 Å². The van der Waals surface area contributed by atoms with Crippen LogP contribution in [0.3, 0.4) is 0 Å². The number of nitrogens with two attached hydrogens (primary N) is 1. The molecule has 1 amide bonds. The summed E-state index contributed by atoms with van der Waals surface area (Å²) >= 11 is 0. The van der Waals surface area contributed by atoms with Crippen LogP contribution in [0.4, 0.5) is 17.5 Å². The number of carbonyl (C=O) groups is 1. The van der Waals surface area contributed by atoms with Crippen LogP contribution < -0.4 is 20.6 Å². The van der Waals surface area contributed by atoms with Gasteiger partial charge in [0, 0.05) is 17.9 Å². The van der Waals surface area contributed by atoms with Crippen molar-refractivity contribution in [2.24, 2.45) is 5.73 Å². The third-order valence-corrected chi connectivity index (χ3v) is 6.32. The molecular weight excluding hydrogens is 466 g/mol. The topological polar surface area (TPSA) is 136 Å². The van der Waals surface area contributed by atoms with E-state index in [2.05, 4.69) is 20.6 Å². The van der Waals surface area contributed by atoms with Crippen molar-refractivity contribution >= 4 is 33.5 Å². The van der Waals surface area contributed by atoms with Crippen LogP contribution in [0.15, 0.2) is 96.0 Å². The fourth-order valence-corrected chi connectivity index (χ4v) is 4.20. The Kier molecular flexibility index (Phi) is 6.93. The predicted molar refractivity (Wildman–Crippen MR) is 133 cm³/mol. The predicted octanol–water partition coefficient (Wildman–Crippen LogP) is 4.26. The molecule has 0 spiro atoms. The van der Waals surface area contributed by atoms with E-state index in [4.69, 9.17) is 9.92 Å². The number of nitrogens with zero attached hydrogens (tertiary/aromatic N) is 2. The van der Waals surface area contributed by atoms with Crippen molar-refractivity contribution < 1.29 is 17.4 Å². The zero-order valence-corrected chi connectivity index (χ0v) is 19.6. The van der Waals surface area contributed by atoms with E-state index in [0.717, 1.165) is 5.56 Å². The van der Waals surface area contributed by atoms with Crippen molar-refractivity contribution in [3.63, 3.8) is 0 Å². The third-order valence-electron chi connectivity index (χ3n) is 5.06. The monoisotopic (exact) mass is 489 g/mol. The van der Waals surface area contributed by atoms with Crippen molar-refractivity contribution in [1.29, 1.82) is 0 Å². The minimum atomic E-state index is -3.94. The molecule has 0 fully saturated rings. The van der Waals surface area contributed by atoms with Gasteiger partial charge in [-0.25, -0.2) is 4.98 Å². The molecule has 0 aliphatic heterocycles. The molecule has 0 aliphatic rings. The Morgan fingerprint density at radius 2 is 1.57 bits per heavy atom. The molecule has 1 atom stereocenters. The van der Waals surface area contributed by atoms with E-state index in [1.165, 1.54) is 30.5 Å². The third kappa shape index (κ3) is 5.92. The lowest BCUT2D eigenvalue weighted by Crippen LogP contribution is -2.18. The lowest BCUT2D eigenvalue weighted by atomic mass is 10.1. The van der Waals surface area contributed by atoms with Gasteiger partial charge in [0.25, 0.3) is 5.91 Å². The van der Waals surface area contributed by atoms with Crippen LogP contribution >= 0.6 is 0 Å². The lowest BCUT2D eigenvalue weighted by Gasteiger charge is -2.17. The Labute approximate surface area is 203 Å². The Balaban J connectivity index is 1.50. The van der Waals surface area contributed by atoms with E-state index in [9.17, 15) is 13.2 Å².